The summed E-state index contributed by atoms with van der Waals surface area (Å²) in [7, 11) is 0. The molecule has 2 N–H and O–H groups in total. The third kappa shape index (κ3) is 5.28. The second-order valence-electron chi connectivity index (χ2n) is 6.91. The topological polar surface area (TPSA) is 35.2 Å². The Bertz CT molecular complexity index is 555. The minimum atomic E-state index is 0.0382. The summed E-state index contributed by atoms with van der Waals surface area (Å²) in [6, 6.07) is 19.0. The first-order valence-electron chi connectivity index (χ1n) is 7.92. The molecule has 2 heteroatoms. The minimum Gasteiger partial charge on any atom is -0.375 e. The summed E-state index contributed by atoms with van der Waals surface area (Å²) in [6.07, 6.45) is 0.851. The molecule has 2 nitrogen and oxygen atoms in total. The molecule has 2 aromatic carbocycles. The normalized spacial score (nSPS) is 13.1. The molecular formula is C20H27NO. The van der Waals surface area contributed by atoms with Crippen molar-refractivity contribution in [1.82, 2.24) is 0 Å². The molecule has 0 amide bonds. The van der Waals surface area contributed by atoms with Crippen LogP contribution in [0, 0.1) is 0 Å². The average molecular weight is 297 g/mol. The van der Waals surface area contributed by atoms with E-state index in [1.54, 1.807) is 0 Å². The van der Waals surface area contributed by atoms with Crippen molar-refractivity contribution in [3.8, 4) is 0 Å². The van der Waals surface area contributed by atoms with E-state index in [1.165, 1.54) is 16.7 Å². The fraction of sp³-hybridized carbons (Fsp3) is 0.400. The highest BCUT2D eigenvalue weighted by Crippen LogP contribution is 2.22. The van der Waals surface area contributed by atoms with Crippen molar-refractivity contribution in [3.05, 3.63) is 71.3 Å². The molecule has 0 aliphatic rings. The maximum atomic E-state index is 6.13. The van der Waals surface area contributed by atoms with Crippen molar-refractivity contribution in [3.63, 3.8) is 0 Å². The van der Waals surface area contributed by atoms with Crippen LogP contribution < -0.4 is 5.73 Å². The van der Waals surface area contributed by atoms with E-state index in [0.717, 1.165) is 6.42 Å². The van der Waals surface area contributed by atoms with E-state index in [0.29, 0.717) is 13.2 Å². The molecule has 0 saturated heterocycles. The van der Waals surface area contributed by atoms with Crippen LogP contribution in [0.25, 0.3) is 0 Å². The Morgan fingerprint density at radius 1 is 0.909 bits per heavy atom. The van der Waals surface area contributed by atoms with Crippen LogP contribution in [0.15, 0.2) is 54.6 Å². The first kappa shape index (κ1) is 16.7. The molecule has 0 spiro atoms. The van der Waals surface area contributed by atoms with Gasteiger partial charge in [-0.25, -0.2) is 0 Å². The summed E-state index contributed by atoms with van der Waals surface area (Å²) < 4.78 is 5.75. The highest BCUT2D eigenvalue weighted by Gasteiger charge is 2.12. The van der Waals surface area contributed by atoms with Crippen LogP contribution in [0.4, 0.5) is 0 Å². The Morgan fingerprint density at radius 2 is 1.55 bits per heavy atom. The molecule has 118 valence electrons. The molecule has 2 aromatic rings. The van der Waals surface area contributed by atoms with Crippen molar-refractivity contribution in [2.24, 2.45) is 5.73 Å². The minimum absolute atomic E-state index is 0.0382. The van der Waals surface area contributed by atoms with Gasteiger partial charge in [0.05, 0.1) is 13.2 Å². The van der Waals surface area contributed by atoms with Crippen LogP contribution >= 0.6 is 0 Å². The molecule has 0 fully saturated rings. The summed E-state index contributed by atoms with van der Waals surface area (Å²) in [5, 5.41) is 0. The van der Waals surface area contributed by atoms with Crippen LogP contribution in [0.2, 0.25) is 0 Å². The molecule has 0 aliphatic heterocycles. The molecule has 1 atom stereocenters. The SMILES string of the molecule is CC(C)(C)c1ccc(COC[C@H](N)Cc2ccccc2)cc1. The van der Waals surface area contributed by atoms with Crippen molar-refractivity contribution in [2.75, 3.05) is 6.61 Å². The van der Waals surface area contributed by atoms with E-state index in [-0.39, 0.29) is 11.5 Å². The number of ether oxygens (including phenoxy) is 1. The van der Waals surface area contributed by atoms with Gasteiger partial charge in [-0.1, -0.05) is 75.4 Å². The van der Waals surface area contributed by atoms with Gasteiger partial charge in [-0.2, -0.15) is 0 Å². The lowest BCUT2D eigenvalue weighted by atomic mass is 9.87. The molecule has 0 bridgehead atoms. The van der Waals surface area contributed by atoms with Gasteiger partial charge < -0.3 is 10.5 Å². The molecule has 22 heavy (non-hydrogen) atoms. The zero-order valence-electron chi connectivity index (χ0n) is 13.9. The van der Waals surface area contributed by atoms with Crippen molar-refractivity contribution in [2.45, 2.75) is 45.3 Å². The first-order valence-corrected chi connectivity index (χ1v) is 7.92. The van der Waals surface area contributed by atoms with Gasteiger partial charge in [-0.15, -0.1) is 0 Å². The predicted molar refractivity (Wildman–Crippen MR) is 92.9 cm³/mol. The molecule has 0 radical (unpaired) electrons. The molecule has 2 rings (SSSR count). The largest absolute Gasteiger partial charge is 0.375 e. The third-order valence-electron chi connectivity index (χ3n) is 3.76. The maximum Gasteiger partial charge on any atom is 0.0717 e. The molecule has 0 aliphatic carbocycles. The number of nitrogens with two attached hydrogens (primary N) is 1. The lowest BCUT2D eigenvalue weighted by molar-refractivity contribution is 0.108. The Labute approximate surface area is 134 Å². The Balaban J connectivity index is 1.76. The zero-order chi connectivity index (χ0) is 16.0. The van der Waals surface area contributed by atoms with Gasteiger partial charge in [0.2, 0.25) is 0 Å². The molecule has 0 saturated carbocycles. The quantitative estimate of drug-likeness (QED) is 0.872. The Morgan fingerprint density at radius 3 is 2.14 bits per heavy atom. The third-order valence-corrected chi connectivity index (χ3v) is 3.76. The van der Waals surface area contributed by atoms with E-state index in [2.05, 4.69) is 57.2 Å². The fourth-order valence-corrected chi connectivity index (χ4v) is 2.40. The number of hydrogen-bond donors (Lipinski definition) is 1. The predicted octanol–water partition coefficient (Wildman–Crippen LogP) is 4.07. The molecular weight excluding hydrogens is 270 g/mol. The van der Waals surface area contributed by atoms with Crippen molar-refractivity contribution < 1.29 is 4.74 Å². The first-order chi connectivity index (χ1) is 10.4. The van der Waals surface area contributed by atoms with E-state index in [4.69, 9.17) is 10.5 Å². The average Bonchev–Trinajstić information content (AvgIpc) is 2.48. The van der Waals surface area contributed by atoms with E-state index < -0.39 is 0 Å². The summed E-state index contributed by atoms with van der Waals surface area (Å²) in [5.41, 5.74) is 10.1. The van der Waals surface area contributed by atoms with Gasteiger partial charge in [0.15, 0.2) is 0 Å². The Hall–Kier alpha value is -1.64. The lowest BCUT2D eigenvalue weighted by Gasteiger charge is -2.19. The molecule has 0 aromatic heterocycles. The second-order valence-corrected chi connectivity index (χ2v) is 6.91. The summed E-state index contributed by atoms with van der Waals surface area (Å²) in [5.74, 6) is 0. The van der Waals surface area contributed by atoms with Gasteiger partial charge in [0, 0.05) is 6.04 Å². The van der Waals surface area contributed by atoms with E-state index >= 15 is 0 Å². The summed E-state index contributed by atoms with van der Waals surface area (Å²) in [6.45, 7) is 7.87. The van der Waals surface area contributed by atoms with Gasteiger partial charge in [0.25, 0.3) is 0 Å². The van der Waals surface area contributed by atoms with Gasteiger partial charge in [-0.05, 0) is 28.5 Å². The number of hydrogen-bond acceptors (Lipinski definition) is 2. The monoisotopic (exact) mass is 297 g/mol. The summed E-state index contributed by atoms with van der Waals surface area (Å²) in [4.78, 5) is 0. The smallest absolute Gasteiger partial charge is 0.0717 e. The number of benzene rings is 2. The van der Waals surface area contributed by atoms with Crippen LogP contribution in [-0.2, 0) is 23.2 Å². The van der Waals surface area contributed by atoms with E-state index in [1.807, 2.05) is 18.2 Å². The molecule has 0 unspecified atom stereocenters. The van der Waals surface area contributed by atoms with Gasteiger partial charge in [0.1, 0.15) is 0 Å². The second kappa shape index (κ2) is 7.57. The van der Waals surface area contributed by atoms with Crippen molar-refractivity contribution in [1.29, 1.82) is 0 Å². The number of rotatable bonds is 6. The Kier molecular flexibility index (Phi) is 5.76. The van der Waals surface area contributed by atoms with E-state index in [9.17, 15) is 0 Å². The highest BCUT2D eigenvalue weighted by atomic mass is 16.5. The van der Waals surface area contributed by atoms with Crippen LogP contribution in [0.3, 0.4) is 0 Å². The standard InChI is InChI=1S/C20H27NO/c1-20(2,3)18-11-9-17(10-12-18)14-22-15-19(21)13-16-7-5-4-6-8-16/h4-12,19H,13-15,21H2,1-3H3/t19-/m1/s1. The van der Waals surface area contributed by atoms with Gasteiger partial charge in [-0.3, -0.25) is 0 Å². The van der Waals surface area contributed by atoms with Crippen LogP contribution in [0.1, 0.15) is 37.5 Å². The summed E-state index contributed by atoms with van der Waals surface area (Å²) >= 11 is 0. The zero-order valence-corrected chi connectivity index (χ0v) is 13.9. The van der Waals surface area contributed by atoms with Gasteiger partial charge >= 0.3 is 0 Å². The lowest BCUT2D eigenvalue weighted by Crippen LogP contribution is -2.28. The van der Waals surface area contributed by atoms with Crippen LogP contribution in [0.5, 0.6) is 0 Å². The molecule has 0 heterocycles. The van der Waals surface area contributed by atoms with Crippen LogP contribution in [-0.4, -0.2) is 12.6 Å². The fourth-order valence-electron chi connectivity index (χ4n) is 2.40. The highest BCUT2D eigenvalue weighted by molar-refractivity contribution is 5.27. The maximum absolute atomic E-state index is 6.13. The van der Waals surface area contributed by atoms with Crippen molar-refractivity contribution >= 4 is 0 Å².